The highest BCUT2D eigenvalue weighted by atomic mass is 19.4. The van der Waals surface area contributed by atoms with Crippen LogP contribution in [0.5, 0.6) is 0 Å². The van der Waals surface area contributed by atoms with Gasteiger partial charge >= 0.3 is 6.18 Å². The molecule has 0 aromatic carbocycles. The van der Waals surface area contributed by atoms with E-state index >= 15 is 0 Å². The minimum absolute atomic E-state index is 0.0324. The van der Waals surface area contributed by atoms with Crippen LogP contribution in [-0.4, -0.2) is 71.4 Å². The molecule has 2 N–H and O–H groups in total. The zero-order valence-corrected chi connectivity index (χ0v) is 20.3. The first-order valence-corrected chi connectivity index (χ1v) is 12.1. The first kappa shape index (κ1) is 26.4. The van der Waals surface area contributed by atoms with Gasteiger partial charge in [-0.05, 0) is 37.3 Å². The number of halogens is 3. The van der Waals surface area contributed by atoms with Crippen LogP contribution >= 0.6 is 0 Å². The number of nitriles is 1. The van der Waals surface area contributed by atoms with E-state index in [0.29, 0.717) is 43.5 Å². The van der Waals surface area contributed by atoms with Crippen LogP contribution in [0.25, 0.3) is 0 Å². The van der Waals surface area contributed by atoms with Gasteiger partial charge in [-0.2, -0.15) is 23.5 Å². The van der Waals surface area contributed by atoms with E-state index in [0.717, 1.165) is 24.6 Å². The van der Waals surface area contributed by atoms with E-state index in [1.54, 1.807) is 16.9 Å². The summed E-state index contributed by atoms with van der Waals surface area (Å²) in [7, 11) is 0. The van der Waals surface area contributed by atoms with Crippen molar-refractivity contribution in [2.24, 2.45) is 0 Å². The third-order valence-corrected chi connectivity index (χ3v) is 6.36. The average molecular weight is 520 g/mol. The summed E-state index contributed by atoms with van der Waals surface area (Å²) in [5.74, 6) is 1.07. The molecule has 1 saturated carbocycles. The highest BCUT2D eigenvalue weighted by Crippen LogP contribution is 2.40. The van der Waals surface area contributed by atoms with E-state index in [9.17, 15) is 28.0 Å². The highest BCUT2D eigenvalue weighted by molar-refractivity contribution is 5.76. The number of aromatic amines is 1. The van der Waals surface area contributed by atoms with Crippen LogP contribution in [0.3, 0.4) is 0 Å². The topological polar surface area (TPSA) is 127 Å². The number of anilines is 2. The van der Waals surface area contributed by atoms with E-state index in [2.05, 4.69) is 21.5 Å². The van der Waals surface area contributed by atoms with E-state index in [1.807, 2.05) is 17.2 Å². The molecule has 2 fully saturated rings. The zero-order valence-electron chi connectivity index (χ0n) is 20.3. The summed E-state index contributed by atoms with van der Waals surface area (Å²) in [5.41, 5.74) is -1.45. The molecule has 1 aliphatic carbocycles. The molecular formula is C24H28F3N7O3. The number of pyridine rings is 1. The lowest BCUT2D eigenvalue weighted by atomic mass is 10.1. The van der Waals surface area contributed by atoms with Crippen molar-refractivity contribution in [3.05, 3.63) is 45.5 Å². The molecular weight excluding hydrogens is 491 g/mol. The molecule has 198 valence electrons. The summed E-state index contributed by atoms with van der Waals surface area (Å²) in [4.78, 5) is 32.4. The lowest BCUT2D eigenvalue weighted by molar-refractivity contribution is -0.138. The van der Waals surface area contributed by atoms with Crippen molar-refractivity contribution in [2.45, 2.75) is 44.3 Å². The fourth-order valence-electron chi connectivity index (χ4n) is 4.29. The van der Waals surface area contributed by atoms with Crippen LogP contribution in [0.4, 0.5) is 24.7 Å². The summed E-state index contributed by atoms with van der Waals surface area (Å²) in [5, 5.41) is 17.3. The third-order valence-electron chi connectivity index (χ3n) is 6.36. The number of ether oxygens (including phenoxy) is 1. The van der Waals surface area contributed by atoms with Crippen molar-refractivity contribution in [3.63, 3.8) is 0 Å². The molecule has 10 nitrogen and oxygen atoms in total. The molecule has 1 saturated heterocycles. The molecule has 37 heavy (non-hydrogen) atoms. The largest absolute Gasteiger partial charge is 0.423 e. The molecule has 2 aromatic rings. The molecule has 1 aliphatic heterocycles. The Morgan fingerprint density at radius 2 is 2.03 bits per heavy atom. The van der Waals surface area contributed by atoms with Gasteiger partial charge in [-0.1, -0.05) is 0 Å². The SMILES string of the molecule is CC(COCCC(=O)N1CCN(c2ncc(C3CC3)cc2C#N)CC1)Nc1cn[nH]c(=O)c1C(F)(F)F. The van der Waals surface area contributed by atoms with Crippen molar-refractivity contribution in [3.8, 4) is 6.07 Å². The van der Waals surface area contributed by atoms with Crippen LogP contribution < -0.4 is 15.8 Å². The first-order chi connectivity index (χ1) is 17.7. The maximum atomic E-state index is 13.2. The molecule has 2 aliphatic rings. The summed E-state index contributed by atoms with van der Waals surface area (Å²) in [6, 6.07) is 3.60. The van der Waals surface area contributed by atoms with Gasteiger partial charge < -0.3 is 19.9 Å². The number of piperazine rings is 1. The number of hydrogen-bond acceptors (Lipinski definition) is 8. The number of H-pyrrole nitrogens is 1. The standard InChI is InChI=1S/C24H28F3N7O3/c1-15(31-19-13-30-32-23(36)21(19)24(25,26)27)14-37-9-4-20(35)33-5-7-34(8-6-33)22-17(11-28)10-18(12-29-22)16-2-3-16/h10,12-13,15-16H,2-9,14H2,1H3,(H2,31,32,36). The number of carbonyl (C=O) groups is 1. The monoisotopic (exact) mass is 519 g/mol. The molecule has 13 heteroatoms. The third kappa shape index (κ3) is 6.56. The predicted octanol–water partition coefficient (Wildman–Crippen LogP) is 2.49. The van der Waals surface area contributed by atoms with E-state index in [-0.39, 0.29) is 25.5 Å². The summed E-state index contributed by atoms with van der Waals surface area (Å²) >= 11 is 0. The lowest BCUT2D eigenvalue weighted by Crippen LogP contribution is -2.49. The van der Waals surface area contributed by atoms with Gasteiger partial charge in [0.25, 0.3) is 5.56 Å². The van der Waals surface area contributed by atoms with E-state index in [4.69, 9.17) is 4.74 Å². The Morgan fingerprint density at radius 3 is 2.68 bits per heavy atom. The fourth-order valence-corrected chi connectivity index (χ4v) is 4.29. The smallest absolute Gasteiger partial charge is 0.379 e. The van der Waals surface area contributed by atoms with Crippen molar-refractivity contribution < 1.29 is 22.7 Å². The number of rotatable bonds is 9. The highest BCUT2D eigenvalue weighted by Gasteiger charge is 2.37. The van der Waals surface area contributed by atoms with Gasteiger partial charge in [-0.15, -0.1) is 0 Å². The number of alkyl halides is 3. The molecule has 3 heterocycles. The number of hydrogen-bond donors (Lipinski definition) is 2. The molecule has 0 bridgehead atoms. The minimum atomic E-state index is -4.83. The second kappa shape index (κ2) is 11.2. The molecule has 2 aromatic heterocycles. The summed E-state index contributed by atoms with van der Waals surface area (Å²) in [6.07, 6.45) is 0.315. The van der Waals surface area contributed by atoms with Crippen LogP contribution in [0.15, 0.2) is 23.3 Å². The molecule has 4 rings (SSSR count). The average Bonchev–Trinajstić information content (AvgIpc) is 3.71. The summed E-state index contributed by atoms with van der Waals surface area (Å²) in [6.45, 7) is 3.84. The van der Waals surface area contributed by atoms with Crippen molar-refractivity contribution in [1.29, 1.82) is 5.26 Å². The predicted molar refractivity (Wildman–Crippen MR) is 128 cm³/mol. The van der Waals surface area contributed by atoms with Gasteiger partial charge in [0, 0.05) is 38.4 Å². The Bertz CT molecular complexity index is 1220. The van der Waals surface area contributed by atoms with Gasteiger partial charge in [0.05, 0.1) is 37.1 Å². The van der Waals surface area contributed by atoms with E-state index in [1.165, 1.54) is 0 Å². The van der Waals surface area contributed by atoms with Crippen molar-refractivity contribution in [1.82, 2.24) is 20.1 Å². The van der Waals surface area contributed by atoms with Gasteiger partial charge in [0.1, 0.15) is 17.5 Å². The molecule has 1 unspecified atom stereocenters. The quantitative estimate of drug-likeness (QED) is 0.484. The molecule has 1 amide bonds. The number of amides is 1. The Balaban J connectivity index is 1.20. The van der Waals surface area contributed by atoms with Crippen molar-refractivity contribution >= 4 is 17.4 Å². The first-order valence-electron chi connectivity index (χ1n) is 12.1. The van der Waals surface area contributed by atoms with Gasteiger partial charge in [-0.25, -0.2) is 10.1 Å². The Kier molecular flexibility index (Phi) is 7.97. The molecule has 0 spiro atoms. The Morgan fingerprint density at radius 1 is 1.30 bits per heavy atom. The van der Waals surface area contributed by atoms with Crippen LogP contribution in [-0.2, 0) is 15.7 Å². The lowest BCUT2D eigenvalue weighted by Gasteiger charge is -2.35. The van der Waals surface area contributed by atoms with Crippen LogP contribution in [0.1, 0.15) is 48.8 Å². The van der Waals surface area contributed by atoms with Crippen LogP contribution in [0.2, 0.25) is 0 Å². The zero-order chi connectivity index (χ0) is 26.6. The minimum Gasteiger partial charge on any atom is -0.379 e. The molecule has 0 radical (unpaired) electrons. The summed E-state index contributed by atoms with van der Waals surface area (Å²) < 4.78 is 45.0. The normalized spacial score (nSPS) is 16.8. The number of carbonyl (C=O) groups excluding carboxylic acids is 1. The number of nitrogens with one attached hydrogen (secondary N) is 2. The van der Waals surface area contributed by atoms with E-state index < -0.39 is 29.0 Å². The van der Waals surface area contributed by atoms with Gasteiger partial charge in [-0.3, -0.25) is 9.59 Å². The van der Waals surface area contributed by atoms with Crippen LogP contribution in [0, 0.1) is 11.3 Å². The second-order valence-corrected chi connectivity index (χ2v) is 9.25. The maximum absolute atomic E-state index is 13.2. The number of nitrogens with zero attached hydrogens (tertiary/aromatic N) is 5. The fraction of sp³-hybridized carbons (Fsp3) is 0.542. The van der Waals surface area contributed by atoms with Gasteiger partial charge in [0.2, 0.25) is 5.91 Å². The van der Waals surface area contributed by atoms with Crippen molar-refractivity contribution in [2.75, 3.05) is 49.6 Å². The van der Waals surface area contributed by atoms with Gasteiger partial charge in [0.15, 0.2) is 0 Å². The molecule has 1 atom stereocenters. The maximum Gasteiger partial charge on any atom is 0.423 e. The number of aromatic nitrogens is 3. The second-order valence-electron chi connectivity index (χ2n) is 9.25. The Hall–Kier alpha value is -3.66. The Labute approximate surface area is 211 Å².